The van der Waals surface area contributed by atoms with Crippen molar-refractivity contribution in [3.63, 3.8) is 0 Å². The lowest BCUT2D eigenvalue weighted by atomic mass is 10.3. The van der Waals surface area contributed by atoms with Crippen LogP contribution in [0.4, 0.5) is 4.39 Å². The van der Waals surface area contributed by atoms with Crippen LogP contribution in [0.2, 0.25) is 0 Å². The highest BCUT2D eigenvalue weighted by Gasteiger charge is 1.98. The minimum atomic E-state index is -0.293. The second kappa shape index (κ2) is 3.31. The van der Waals surface area contributed by atoms with E-state index in [1.54, 1.807) is 12.1 Å². The van der Waals surface area contributed by atoms with Crippen molar-refractivity contribution in [1.82, 2.24) is 0 Å². The first-order valence-electron chi connectivity index (χ1n) is 3.74. The van der Waals surface area contributed by atoms with Gasteiger partial charge in [0, 0.05) is 6.07 Å². The van der Waals surface area contributed by atoms with Gasteiger partial charge in [-0.3, -0.25) is 0 Å². The molecular weight excluding hydrogens is 171 g/mol. The fourth-order valence-corrected chi connectivity index (χ4v) is 0.902. The lowest BCUT2D eigenvalue weighted by molar-refractivity contribution is 0.343. The van der Waals surface area contributed by atoms with Crippen LogP contribution >= 0.6 is 0 Å². The van der Waals surface area contributed by atoms with E-state index in [1.165, 1.54) is 24.3 Å². The van der Waals surface area contributed by atoms with Gasteiger partial charge >= 0.3 is 0 Å². The Morgan fingerprint density at radius 3 is 2.54 bits per heavy atom. The SMILES string of the molecule is Fc1ccc(Oc2cc[c]o2)cc1. The molecule has 1 aromatic carbocycles. The fourth-order valence-electron chi connectivity index (χ4n) is 0.902. The Labute approximate surface area is 74.6 Å². The van der Waals surface area contributed by atoms with E-state index < -0.39 is 0 Å². The van der Waals surface area contributed by atoms with E-state index in [0.717, 1.165) is 0 Å². The third kappa shape index (κ3) is 1.87. The van der Waals surface area contributed by atoms with E-state index in [0.29, 0.717) is 11.7 Å². The van der Waals surface area contributed by atoms with Crippen molar-refractivity contribution in [1.29, 1.82) is 0 Å². The van der Waals surface area contributed by atoms with Gasteiger partial charge in [-0.25, -0.2) is 4.39 Å². The maximum absolute atomic E-state index is 12.5. The van der Waals surface area contributed by atoms with Gasteiger partial charge in [0.15, 0.2) is 6.26 Å². The van der Waals surface area contributed by atoms with Gasteiger partial charge in [0.05, 0.1) is 0 Å². The minimum Gasteiger partial charge on any atom is -0.426 e. The standard InChI is InChI=1S/C10H6FO2/c11-8-3-5-9(6-4-8)13-10-2-1-7-12-10/h1-6H. The molecule has 0 bridgehead atoms. The van der Waals surface area contributed by atoms with Gasteiger partial charge in [-0.2, -0.15) is 0 Å². The summed E-state index contributed by atoms with van der Waals surface area (Å²) in [6.45, 7) is 0. The molecule has 0 saturated carbocycles. The third-order valence-corrected chi connectivity index (χ3v) is 1.48. The summed E-state index contributed by atoms with van der Waals surface area (Å²) in [6.07, 6.45) is 2.49. The Kier molecular flexibility index (Phi) is 2.00. The molecule has 0 saturated heterocycles. The molecule has 65 valence electrons. The molecule has 2 rings (SSSR count). The number of ether oxygens (including phenoxy) is 1. The number of halogens is 1. The first kappa shape index (κ1) is 7.86. The molecule has 13 heavy (non-hydrogen) atoms. The van der Waals surface area contributed by atoms with Crippen LogP contribution in [0.3, 0.4) is 0 Å². The predicted molar refractivity (Wildman–Crippen MR) is 44.0 cm³/mol. The molecule has 0 aliphatic heterocycles. The zero-order chi connectivity index (χ0) is 9.10. The van der Waals surface area contributed by atoms with Crippen LogP contribution in [0, 0.1) is 12.1 Å². The number of benzene rings is 1. The average Bonchev–Trinajstić information content (AvgIpc) is 2.62. The topological polar surface area (TPSA) is 22.4 Å². The first-order valence-corrected chi connectivity index (χ1v) is 3.74. The summed E-state index contributed by atoms with van der Waals surface area (Å²) in [5.41, 5.74) is 0. The van der Waals surface area contributed by atoms with Crippen molar-refractivity contribution in [2.45, 2.75) is 0 Å². The molecule has 0 unspecified atom stereocenters. The molecule has 1 radical (unpaired) electrons. The van der Waals surface area contributed by atoms with Crippen LogP contribution in [0.5, 0.6) is 11.7 Å². The number of hydrogen-bond acceptors (Lipinski definition) is 2. The predicted octanol–water partition coefficient (Wildman–Crippen LogP) is 3.01. The molecule has 0 amide bonds. The number of rotatable bonds is 2. The summed E-state index contributed by atoms with van der Waals surface area (Å²) >= 11 is 0. The highest BCUT2D eigenvalue weighted by molar-refractivity contribution is 5.25. The molecule has 0 spiro atoms. The van der Waals surface area contributed by atoms with Gasteiger partial charge in [0.25, 0.3) is 5.95 Å². The fraction of sp³-hybridized carbons (Fsp3) is 0. The van der Waals surface area contributed by atoms with Crippen LogP contribution in [0.25, 0.3) is 0 Å². The zero-order valence-corrected chi connectivity index (χ0v) is 6.66. The third-order valence-electron chi connectivity index (χ3n) is 1.48. The summed E-state index contributed by atoms with van der Waals surface area (Å²) in [5, 5.41) is 0. The number of furan rings is 1. The van der Waals surface area contributed by atoms with E-state index in [4.69, 9.17) is 9.15 Å². The summed E-state index contributed by atoms with van der Waals surface area (Å²) < 4.78 is 22.5. The molecule has 0 atom stereocenters. The van der Waals surface area contributed by atoms with Crippen molar-refractivity contribution in [3.8, 4) is 11.7 Å². The van der Waals surface area contributed by atoms with Crippen molar-refractivity contribution in [2.75, 3.05) is 0 Å². The molecule has 0 aliphatic carbocycles. The van der Waals surface area contributed by atoms with E-state index in [2.05, 4.69) is 6.26 Å². The Bertz CT molecular complexity index is 364. The van der Waals surface area contributed by atoms with E-state index in [-0.39, 0.29) is 5.82 Å². The average molecular weight is 177 g/mol. The molecule has 3 heteroatoms. The largest absolute Gasteiger partial charge is 0.426 e. The van der Waals surface area contributed by atoms with Gasteiger partial charge in [0.2, 0.25) is 0 Å². The van der Waals surface area contributed by atoms with Gasteiger partial charge in [-0.1, -0.05) is 0 Å². The molecule has 1 heterocycles. The van der Waals surface area contributed by atoms with Crippen LogP contribution in [-0.4, -0.2) is 0 Å². The summed E-state index contributed by atoms with van der Waals surface area (Å²) in [6, 6.07) is 8.92. The lowest BCUT2D eigenvalue weighted by Gasteiger charge is -1.99. The molecule has 1 aromatic heterocycles. The van der Waals surface area contributed by atoms with Gasteiger partial charge in [0.1, 0.15) is 11.6 Å². The van der Waals surface area contributed by atoms with E-state index >= 15 is 0 Å². The van der Waals surface area contributed by atoms with Gasteiger partial charge < -0.3 is 9.15 Å². The first-order chi connectivity index (χ1) is 6.34. The van der Waals surface area contributed by atoms with Gasteiger partial charge in [-0.05, 0) is 30.3 Å². The summed E-state index contributed by atoms with van der Waals surface area (Å²) in [5.74, 6) is 0.578. The lowest BCUT2D eigenvalue weighted by Crippen LogP contribution is -1.81. The molecule has 0 N–H and O–H groups in total. The van der Waals surface area contributed by atoms with Crippen molar-refractivity contribution in [3.05, 3.63) is 48.5 Å². The molecule has 0 aliphatic rings. The van der Waals surface area contributed by atoms with Gasteiger partial charge in [-0.15, -0.1) is 0 Å². The molecule has 0 fully saturated rings. The van der Waals surface area contributed by atoms with Crippen molar-refractivity contribution < 1.29 is 13.5 Å². The molecule has 2 nitrogen and oxygen atoms in total. The minimum absolute atomic E-state index is 0.293. The van der Waals surface area contributed by atoms with E-state index in [1.807, 2.05) is 0 Å². The Morgan fingerprint density at radius 1 is 1.15 bits per heavy atom. The highest BCUT2D eigenvalue weighted by Crippen LogP contribution is 2.20. The van der Waals surface area contributed by atoms with Crippen LogP contribution in [-0.2, 0) is 0 Å². The number of hydrogen-bond donors (Lipinski definition) is 0. The second-order valence-corrected chi connectivity index (χ2v) is 2.43. The Morgan fingerprint density at radius 2 is 1.92 bits per heavy atom. The monoisotopic (exact) mass is 177 g/mol. The van der Waals surface area contributed by atoms with Crippen molar-refractivity contribution >= 4 is 0 Å². The van der Waals surface area contributed by atoms with Crippen LogP contribution < -0.4 is 4.74 Å². The molecule has 2 aromatic rings. The highest BCUT2D eigenvalue weighted by atomic mass is 19.1. The zero-order valence-electron chi connectivity index (χ0n) is 6.66. The van der Waals surface area contributed by atoms with Crippen LogP contribution in [0.15, 0.2) is 40.8 Å². The second-order valence-electron chi connectivity index (χ2n) is 2.43. The van der Waals surface area contributed by atoms with Crippen LogP contribution in [0.1, 0.15) is 0 Å². The maximum atomic E-state index is 12.5. The summed E-state index contributed by atoms with van der Waals surface area (Å²) in [4.78, 5) is 0. The Hall–Kier alpha value is -1.77. The normalized spacial score (nSPS) is 9.92. The summed E-state index contributed by atoms with van der Waals surface area (Å²) in [7, 11) is 0. The smallest absolute Gasteiger partial charge is 0.290 e. The van der Waals surface area contributed by atoms with Crippen molar-refractivity contribution in [2.24, 2.45) is 0 Å². The molecular formula is C10H6FO2. The maximum Gasteiger partial charge on any atom is 0.290 e. The van der Waals surface area contributed by atoms with E-state index in [9.17, 15) is 4.39 Å². The quantitative estimate of drug-likeness (QED) is 0.703. The Balaban J connectivity index is 2.15.